The number of carbonyl (C=O) groups excluding carboxylic acids is 1. The standard InChI is InChI=1S/C12H19N5O4/c1-16(10-8-21-7-9(10)11(18)19)12(20)13-3-2-5-17-6-4-14-15-17/h4,6,9-10H,2-3,5,7-8H2,1H3,(H,13,20)(H,18,19). The number of urea groups is 1. The lowest BCUT2D eigenvalue weighted by Crippen LogP contribution is -2.48. The highest BCUT2D eigenvalue weighted by molar-refractivity contribution is 5.77. The lowest BCUT2D eigenvalue weighted by molar-refractivity contribution is -0.142. The molecule has 9 nitrogen and oxygen atoms in total. The molecule has 0 bridgehead atoms. The van der Waals surface area contributed by atoms with Crippen molar-refractivity contribution < 1.29 is 19.4 Å². The van der Waals surface area contributed by atoms with E-state index in [-0.39, 0.29) is 19.2 Å². The first-order chi connectivity index (χ1) is 10.1. The first-order valence-corrected chi connectivity index (χ1v) is 6.75. The van der Waals surface area contributed by atoms with Crippen molar-refractivity contribution in [2.75, 3.05) is 26.8 Å². The van der Waals surface area contributed by atoms with Crippen molar-refractivity contribution in [3.63, 3.8) is 0 Å². The Hall–Kier alpha value is -2.16. The number of hydrogen-bond acceptors (Lipinski definition) is 5. The zero-order chi connectivity index (χ0) is 15.2. The van der Waals surface area contributed by atoms with Gasteiger partial charge in [-0.15, -0.1) is 5.10 Å². The van der Waals surface area contributed by atoms with Gasteiger partial charge in [-0.3, -0.25) is 9.48 Å². The summed E-state index contributed by atoms with van der Waals surface area (Å²) in [5, 5.41) is 19.3. The summed E-state index contributed by atoms with van der Waals surface area (Å²) >= 11 is 0. The molecule has 1 aliphatic heterocycles. The van der Waals surface area contributed by atoms with E-state index in [4.69, 9.17) is 9.84 Å². The molecule has 0 spiro atoms. The fraction of sp³-hybridized carbons (Fsp3) is 0.667. The Labute approximate surface area is 121 Å². The van der Waals surface area contributed by atoms with Gasteiger partial charge in [0.05, 0.1) is 25.5 Å². The largest absolute Gasteiger partial charge is 0.481 e. The van der Waals surface area contributed by atoms with Gasteiger partial charge in [-0.2, -0.15) is 0 Å². The van der Waals surface area contributed by atoms with Crippen molar-refractivity contribution >= 4 is 12.0 Å². The molecule has 21 heavy (non-hydrogen) atoms. The van der Waals surface area contributed by atoms with Crippen molar-refractivity contribution in [2.45, 2.75) is 19.0 Å². The third-order valence-electron chi connectivity index (χ3n) is 3.50. The van der Waals surface area contributed by atoms with E-state index >= 15 is 0 Å². The number of hydrogen-bond donors (Lipinski definition) is 2. The molecule has 1 aromatic rings. The number of carboxylic acids is 1. The number of aryl methyl sites for hydroxylation is 1. The number of likely N-dealkylation sites (N-methyl/N-ethyl adjacent to an activating group) is 1. The molecule has 2 heterocycles. The third-order valence-corrected chi connectivity index (χ3v) is 3.50. The van der Waals surface area contributed by atoms with Crippen molar-refractivity contribution in [3.05, 3.63) is 12.4 Å². The number of rotatable bonds is 6. The zero-order valence-electron chi connectivity index (χ0n) is 11.8. The maximum Gasteiger partial charge on any atom is 0.317 e. The van der Waals surface area contributed by atoms with E-state index < -0.39 is 17.9 Å². The quantitative estimate of drug-likeness (QED) is 0.679. The predicted molar refractivity (Wildman–Crippen MR) is 71.5 cm³/mol. The van der Waals surface area contributed by atoms with Crippen molar-refractivity contribution in [1.29, 1.82) is 0 Å². The topological polar surface area (TPSA) is 110 Å². The Kier molecular flexibility index (Phi) is 5.09. The van der Waals surface area contributed by atoms with Gasteiger partial charge in [-0.05, 0) is 6.42 Å². The number of nitrogens with zero attached hydrogens (tertiary/aromatic N) is 4. The summed E-state index contributed by atoms with van der Waals surface area (Å²) in [4.78, 5) is 24.5. The van der Waals surface area contributed by atoms with Crippen LogP contribution in [0, 0.1) is 5.92 Å². The summed E-state index contributed by atoms with van der Waals surface area (Å²) in [6.45, 7) is 1.53. The molecule has 2 N–H and O–H groups in total. The first-order valence-electron chi connectivity index (χ1n) is 6.75. The molecule has 2 atom stereocenters. The second-order valence-corrected chi connectivity index (χ2v) is 4.91. The summed E-state index contributed by atoms with van der Waals surface area (Å²) in [5.74, 6) is -1.61. The van der Waals surface area contributed by atoms with Gasteiger partial charge in [0.15, 0.2) is 0 Å². The van der Waals surface area contributed by atoms with E-state index in [0.29, 0.717) is 19.5 Å². The molecule has 2 amide bonds. The number of carbonyl (C=O) groups is 2. The average molecular weight is 297 g/mol. The number of amides is 2. The summed E-state index contributed by atoms with van der Waals surface area (Å²) in [7, 11) is 1.59. The van der Waals surface area contributed by atoms with E-state index in [1.165, 1.54) is 4.90 Å². The number of aromatic nitrogens is 3. The fourth-order valence-corrected chi connectivity index (χ4v) is 2.22. The molecule has 2 rings (SSSR count). The Bertz CT molecular complexity index is 478. The minimum absolute atomic E-state index is 0.143. The van der Waals surface area contributed by atoms with Crippen LogP contribution in [0.5, 0.6) is 0 Å². The van der Waals surface area contributed by atoms with Crippen LogP contribution in [0.2, 0.25) is 0 Å². The Morgan fingerprint density at radius 3 is 3.00 bits per heavy atom. The van der Waals surface area contributed by atoms with E-state index in [0.717, 1.165) is 0 Å². The molecule has 0 radical (unpaired) electrons. The van der Waals surface area contributed by atoms with E-state index in [1.54, 1.807) is 24.1 Å². The molecule has 1 fully saturated rings. The molecule has 0 aromatic carbocycles. The maximum absolute atomic E-state index is 12.0. The minimum atomic E-state index is -0.941. The number of nitrogens with one attached hydrogen (secondary N) is 1. The summed E-state index contributed by atoms with van der Waals surface area (Å²) in [6, 6.07) is -0.729. The summed E-state index contributed by atoms with van der Waals surface area (Å²) < 4.78 is 6.84. The molecule has 1 aromatic heterocycles. The van der Waals surface area contributed by atoms with Crippen LogP contribution in [-0.4, -0.2) is 69.8 Å². The Balaban J connectivity index is 1.73. The molecular formula is C12H19N5O4. The van der Waals surface area contributed by atoms with Gasteiger partial charge >= 0.3 is 12.0 Å². The monoisotopic (exact) mass is 297 g/mol. The highest BCUT2D eigenvalue weighted by Gasteiger charge is 2.38. The van der Waals surface area contributed by atoms with Crippen LogP contribution in [-0.2, 0) is 16.1 Å². The normalized spacial score (nSPS) is 21.2. The van der Waals surface area contributed by atoms with Crippen LogP contribution in [0.4, 0.5) is 4.79 Å². The SMILES string of the molecule is CN(C(=O)NCCCn1ccnn1)C1COCC1C(=O)O. The predicted octanol–water partition coefficient (Wildman–Crippen LogP) is -0.591. The van der Waals surface area contributed by atoms with Crippen molar-refractivity contribution in [2.24, 2.45) is 5.92 Å². The molecule has 0 aliphatic carbocycles. The number of carboxylic acid groups (broad SMARTS) is 1. The van der Waals surface area contributed by atoms with Crippen molar-refractivity contribution in [1.82, 2.24) is 25.2 Å². The Morgan fingerprint density at radius 1 is 1.52 bits per heavy atom. The van der Waals surface area contributed by atoms with E-state index in [2.05, 4.69) is 15.6 Å². The van der Waals surface area contributed by atoms with Gasteiger partial charge < -0.3 is 20.1 Å². The van der Waals surface area contributed by atoms with E-state index in [1.807, 2.05) is 0 Å². The minimum Gasteiger partial charge on any atom is -0.481 e. The van der Waals surface area contributed by atoms with Crippen LogP contribution in [0.15, 0.2) is 12.4 Å². The lowest BCUT2D eigenvalue weighted by atomic mass is 10.0. The molecular weight excluding hydrogens is 278 g/mol. The fourth-order valence-electron chi connectivity index (χ4n) is 2.22. The van der Waals surface area contributed by atoms with Gasteiger partial charge in [0.2, 0.25) is 0 Å². The third kappa shape index (κ3) is 3.91. The van der Waals surface area contributed by atoms with Crippen LogP contribution >= 0.6 is 0 Å². The molecule has 1 saturated heterocycles. The average Bonchev–Trinajstić information content (AvgIpc) is 3.13. The smallest absolute Gasteiger partial charge is 0.317 e. The molecule has 9 heteroatoms. The number of aliphatic carboxylic acids is 1. The molecule has 0 saturated carbocycles. The second-order valence-electron chi connectivity index (χ2n) is 4.91. The van der Waals surface area contributed by atoms with Crippen LogP contribution < -0.4 is 5.32 Å². The maximum atomic E-state index is 12.0. The zero-order valence-corrected chi connectivity index (χ0v) is 11.8. The highest BCUT2D eigenvalue weighted by atomic mass is 16.5. The highest BCUT2D eigenvalue weighted by Crippen LogP contribution is 2.18. The second kappa shape index (κ2) is 7.02. The van der Waals surface area contributed by atoms with Gasteiger partial charge in [0.25, 0.3) is 0 Å². The lowest BCUT2D eigenvalue weighted by Gasteiger charge is -2.26. The van der Waals surface area contributed by atoms with Gasteiger partial charge in [0, 0.05) is 26.3 Å². The molecule has 2 unspecified atom stereocenters. The van der Waals surface area contributed by atoms with Crippen LogP contribution in [0.25, 0.3) is 0 Å². The first kappa shape index (κ1) is 15.2. The summed E-state index contributed by atoms with van der Waals surface area (Å²) in [6.07, 6.45) is 4.06. The molecule has 1 aliphatic rings. The van der Waals surface area contributed by atoms with Crippen LogP contribution in [0.1, 0.15) is 6.42 Å². The summed E-state index contributed by atoms with van der Waals surface area (Å²) in [5.41, 5.74) is 0. The van der Waals surface area contributed by atoms with Gasteiger partial charge in [-0.1, -0.05) is 5.21 Å². The molecule has 116 valence electrons. The van der Waals surface area contributed by atoms with Gasteiger partial charge in [0.1, 0.15) is 5.92 Å². The van der Waals surface area contributed by atoms with Gasteiger partial charge in [-0.25, -0.2) is 4.79 Å². The van der Waals surface area contributed by atoms with Crippen molar-refractivity contribution in [3.8, 4) is 0 Å². The van der Waals surface area contributed by atoms with E-state index in [9.17, 15) is 9.59 Å². The number of ether oxygens (including phenoxy) is 1. The van der Waals surface area contributed by atoms with Crippen LogP contribution in [0.3, 0.4) is 0 Å². The Morgan fingerprint density at radius 2 is 2.33 bits per heavy atom.